The number of rotatable bonds is 7. The first-order valence-corrected chi connectivity index (χ1v) is 12.9. The molecule has 2 aliphatic heterocycles. The average molecular weight is 496 g/mol. The van der Waals surface area contributed by atoms with Crippen molar-refractivity contribution >= 4 is 5.91 Å². The van der Waals surface area contributed by atoms with Gasteiger partial charge in [-0.2, -0.15) is 8.78 Å². The molecule has 4 rings (SSSR count). The van der Waals surface area contributed by atoms with Gasteiger partial charge in [-0.25, -0.2) is 0 Å². The van der Waals surface area contributed by atoms with E-state index in [1.54, 1.807) is 13.2 Å². The number of amides is 1. The Morgan fingerprint density at radius 2 is 2.06 bits per heavy atom. The molecule has 2 unspecified atom stereocenters. The van der Waals surface area contributed by atoms with Gasteiger partial charge in [0, 0.05) is 44.6 Å². The number of ether oxygens (including phenoxy) is 3. The Balaban J connectivity index is 1.44. The molecule has 35 heavy (non-hydrogen) atoms. The predicted octanol–water partition coefficient (Wildman–Crippen LogP) is 3.94. The third-order valence-corrected chi connectivity index (χ3v) is 8.22. The maximum atomic E-state index is 14.0. The lowest BCUT2D eigenvalue weighted by atomic mass is 9.65. The molecule has 2 fully saturated rings. The molecule has 1 aliphatic carbocycles. The molecule has 0 bridgehead atoms. The Labute approximate surface area is 206 Å². The highest BCUT2D eigenvalue weighted by Crippen LogP contribution is 2.45. The SMILES string of the molecule is COC1COCCC1NC1CCC(C(=O)N2CCCc3ncc(OC(F)F)cc3C2)(C(C)C)CC1. The van der Waals surface area contributed by atoms with Gasteiger partial charge in [0.1, 0.15) is 5.75 Å². The second-order valence-electron chi connectivity index (χ2n) is 10.5. The highest BCUT2D eigenvalue weighted by molar-refractivity contribution is 5.83. The molecule has 1 saturated carbocycles. The van der Waals surface area contributed by atoms with E-state index >= 15 is 0 Å². The van der Waals surface area contributed by atoms with E-state index in [2.05, 4.69) is 28.9 Å². The fourth-order valence-corrected chi connectivity index (χ4v) is 6.03. The van der Waals surface area contributed by atoms with Crippen molar-refractivity contribution in [1.82, 2.24) is 15.2 Å². The Kier molecular flexibility index (Phi) is 8.60. The van der Waals surface area contributed by atoms with Crippen LogP contribution in [-0.4, -0.2) is 67.5 Å². The molecule has 1 aromatic heterocycles. The van der Waals surface area contributed by atoms with Gasteiger partial charge in [0.2, 0.25) is 5.91 Å². The van der Waals surface area contributed by atoms with Crippen LogP contribution < -0.4 is 10.1 Å². The summed E-state index contributed by atoms with van der Waals surface area (Å²) in [5, 5.41) is 3.79. The summed E-state index contributed by atoms with van der Waals surface area (Å²) in [5.74, 6) is 0.431. The first kappa shape index (κ1) is 26.2. The third kappa shape index (κ3) is 5.94. The number of carbonyl (C=O) groups excluding carboxylic acids is 1. The summed E-state index contributed by atoms with van der Waals surface area (Å²) in [6.07, 6.45) is 7.41. The minimum Gasteiger partial charge on any atom is -0.433 e. The van der Waals surface area contributed by atoms with Crippen molar-refractivity contribution in [1.29, 1.82) is 0 Å². The van der Waals surface area contributed by atoms with Crippen LogP contribution in [0.3, 0.4) is 0 Å². The zero-order valence-electron chi connectivity index (χ0n) is 21.1. The van der Waals surface area contributed by atoms with Gasteiger partial charge in [-0.15, -0.1) is 0 Å². The Bertz CT molecular complexity index is 861. The summed E-state index contributed by atoms with van der Waals surface area (Å²) in [6, 6.07) is 2.25. The van der Waals surface area contributed by atoms with Gasteiger partial charge >= 0.3 is 6.61 Å². The minimum atomic E-state index is -2.90. The van der Waals surface area contributed by atoms with Gasteiger partial charge in [-0.1, -0.05) is 13.8 Å². The van der Waals surface area contributed by atoms with Crippen LogP contribution >= 0.6 is 0 Å². The van der Waals surface area contributed by atoms with Crippen LogP contribution in [0.1, 0.15) is 63.6 Å². The molecule has 9 heteroatoms. The minimum absolute atomic E-state index is 0.0423. The molecule has 3 aliphatic rings. The largest absolute Gasteiger partial charge is 0.433 e. The molecular weight excluding hydrogens is 456 g/mol. The highest BCUT2D eigenvalue weighted by Gasteiger charge is 2.47. The van der Waals surface area contributed by atoms with Crippen molar-refractivity contribution in [2.24, 2.45) is 11.3 Å². The van der Waals surface area contributed by atoms with Crippen LogP contribution in [0.15, 0.2) is 12.3 Å². The van der Waals surface area contributed by atoms with Crippen molar-refractivity contribution in [2.75, 3.05) is 26.9 Å². The monoisotopic (exact) mass is 495 g/mol. The molecule has 1 amide bonds. The Morgan fingerprint density at radius 1 is 1.29 bits per heavy atom. The van der Waals surface area contributed by atoms with E-state index in [9.17, 15) is 13.6 Å². The Morgan fingerprint density at radius 3 is 2.74 bits per heavy atom. The molecule has 0 spiro atoms. The number of nitrogens with one attached hydrogen (secondary N) is 1. The summed E-state index contributed by atoms with van der Waals surface area (Å²) in [4.78, 5) is 20.3. The quantitative estimate of drug-likeness (QED) is 0.618. The van der Waals surface area contributed by atoms with Crippen molar-refractivity contribution in [3.05, 3.63) is 23.5 Å². The van der Waals surface area contributed by atoms with Crippen LogP contribution in [0.2, 0.25) is 0 Å². The summed E-state index contributed by atoms with van der Waals surface area (Å²) in [6.45, 7) is 3.79. The molecule has 3 heterocycles. The van der Waals surface area contributed by atoms with Crippen LogP contribution in [0, 0.1) is 11.3 Å². The molecule has 2 atom stereocenters. The second-order valence-corrected chi connectivity index (χ2v) is 10.5. The van der Waals surface area contributed by atoms with E-state index in [1.807, 2.05) is 4.90 Å². The summed E-state index contributed by atoms with van der Waals surface area (Å²) in [5.41, 5.74) is 1.25. The standard InChI is InChI=1S/C26H39F2N3O4/c1-17(2)26(9-6-19(7-10-26)30-22-8-12-34-16-23(22)33-3)24(32)31-11-4-5-21-18(15-31)13-20(14-29-21)35-25(27)28/h13-14,17,19,22-23,25,30H,4-12,15-16H2,1-3H3. The molecular formula is C26H39F2N3O4. The second kappa shape index (κ2) is 11.5. The molecule has 196 valence electrons. The molecule has 1 N–H and O–H groups in total. The number of hydrogen-bond acceptors (Lipinski definition) is 6. The fourth-order valence-electron chi connectivity index (χ4n) is 6.03. The summed E-state index contributed by atoms with van der Waals surface area (Å²) < 4.78 is 41.1. The molecule has 1 saturated heterocycles. The predicted molar refractivity (Wildman–Crippen MR) is 127 cm³/mol. The van der Waals surface area contributed by atoms with Gasteiger partial charge in [0.05, 0.1) is 24.3 Å². The van der Waals surface area contributed by atoms with Crippen molar-refractivity contribution in [2.45, 2.75) is 90.1 Å². The van der Waals surface area contributed by atoms with Gasteiger partial charge in [0.25, 0.3) is 0 Å². The van der Waals surface area contributed by atoms with E-state index in [4.69, 9.17) is 9.47 Å². The van der Waals surface area contributed by atoms with Gasteiger partial charge in [-0.05, 0) is 62.5 Å². The first-order chi connectivity index (χ1) is 16.8. The number of alkyl halides is 2. The van der Waals surface area contributed by atoms with Gasteiger partial charge in [-0.3, -0.25) is 9.78 Å². The zero-order valence-corrected chi connectivity index (χ0v) is 21.1. The molecule has 1 aromatic rings. The molecule has 0 aromatic carbocycles. The summed E-state index contributed by atoms with van der Waals surface area (Å²) in [7, 11) is 1.73. The van der Waals surface area contributed by atoms with Crippen LogP contribution in [0.5, 0.6) is 5.75 Å². The lowest BCUT2D eigenvalue weighted by Crippen LogP contribution is -2.54. The maximum absolute atomic E-state index is 14.0. The summed E-state index contributed by atoms with van der Waals surface area (Å²) >= 11 is 0. The number of fused-ring (bicyclic) bond motifs is 1. The fraction of sp³-hybridized carbons (Fsp3) is 0.769. The molecule has 0 radical (unpaired) electrons. The number of carbonyl (C=O) groups is 1. The van der Waals surface area contributed by atoms with Crippen molar-refractivity contribution in [3.63, 3.8) is 0 Å². The Hall–Kier alpha value is -1.84. The number of nitrogens with zero attached hydrogens (tertiary/aromatic N) is 2. The number of hydrogen-bond donors (Lipinski definition) is 1. The van der Waals surface area contributed by atoms with Crippen LogP contribution in [0.25, 0.3) is 0 Å². The highest BCUT2D eigenvalue weighted by atomic mass is 19.3. The van der Waals surface area contributed by atoms with E-state index in [0.717, 1.165) is 62.8 Å². The van der Waals surface area contributed by atoms with Gasteiger partial charge < -0.3 is 24.4 Å². The normalized spacial score (nSPS) is 29.7. The average Bonchev–Trinajstić information content (AvgIpc) is 3.06. The molecule has 7 nitrogen and oxygen atoms in total. The first-order valence-electron chi connectivity index (χ1n) is 12.9. The number of methoxy groups -OCH3 is 1. The number of aryl methyl sites for hydroxylation is 1. The van der Waals surface area contributed by atoms with Gasteiger partial charge in [0.15, 0.2) is 0 Å². The van der Waals surface area contributed by atoms with E-state index in [0.29, 0.717) is 25.7 Å². The topological polar surface area (TPSA) is 72.9 Å². The van der Waals surface area contributed by atoms with E-state index in [1.165, 1.54) is 6.20 Å². The number of pyridine rings is 1. The van der Waals surface area contributed by atoms with Crippen molar-refractivity contribution in [3.8, 4) is 5.75 Å². The van der Waals surface area contributed by atoms with E-state index in [-0.39, 0.29) is 29.7 Å². The number of halogens is 2. The zero-order chi connectivity index (χ0) is 25.0. The smallest absolute Gasteiger partial charge is 0.387 e. The van der Waals surface area contributed by atoms with Crippen LogP contribution in [-0.2, 0) is 27.2 Å². The lowest BCUT2D eigenvalue weighted by molar-refractivity contribution is -0.148. The van der Waals surface area contributed by atoms with Crippen molar-refractivity contribution < 1.29 is 27.8 Å². The lowest BCUT2D eigenvalue weighted by Gasteiger charge is -2.46. The van der Waals surface area contributed by atoms with Crippen LogP contribution in [0.4, 0.5) is 8.78 Å². The third-order valence-electron chi connectivity index (χ3n) is 8.22. The van der Waals surface area contributed by atoms with E-state index < -0.39 is 12.0 Å². The maximum Gasteiger partial charge on any atom is 0.387 e. The number of aromatic nitrogens is 1.